The van der Waals surface area contributed by atoms with Crippen LogP contribution in [-0.4, -0.2) is 42.0 Å². The predicted molar refractivity (Wildman–Crippen MR) is 91.7 cm³/mol. The van der Waals surface area contributed by atoms with Crippen molar-refractivity contribution >= 4 is 5.91 Å². The average Bonchev–Trinajstić information content (AvgIpc) is 3.23. The molecule has 2 aliphatic rings. The fourth-order valence-corrected chi connectivity index (χ4v) is 3.85. The van der Waals surface area contributed by atoms with Gasteiger partial charge < -0.3 is 14.6 Å². The molecule has 1 amide bonds. The number of hydrogen-bond acceptors (Lipinski definition) is 4. The summed E-state index contributed by atoms with van der Waals surface area (Å²) < 4.78 is 5.82. The molecule has 1 aromatic carbocycles. The van der Waals surface area contributed by atoms with Gasteiger partial charge in [-0.3, -0.25) is 4.79 Å². The van der Waals surface area contributed by atoms with Gasteiger partial charge in [0.15, 0.2) is 0 Å². The van der Waals surface area contributed by atoms with Crippen molar-refractivity contribution < 1.29 is 9.21 Å². The van der Waals surface area contributed by atoms with Crippen LogP contribution in [0.1, 0.15) is 35.5 Å². The molecule has 3 heterocycles. The Kier molecular flexibility index (Phi) is 3.88. The number of benzene rings is 1. The molecule has 126 valence electrons. The van der Waals surface area contributed by atoms with Crippen molar-refractivity contribution in [2.24, 2.45) is 5.41 Å². The van der Waals surface area contributed by atoms with Crippen LogP contribution in [0.4, 0.5) is 0 Å². The second kappa shape index (κ2) is 6.06. The number of carbonyl (C=O) groups excluding carboxylic acids is 1. The van der Waals surface area contributed by atoms with Gasteiger partial charge in [-0.1, -0.05) is 18.2 Å². The van der Waals surface area contributed by atoms with Gasteiger partial charge in [-0.15, -0.1) is 0 Å². The smallest absolute Gasteiger partial charge is 0.291 e. The highest BCUT2D eigenvalue weighted by atomic mass is 16.4. The fraction of sp³-hybridized carbons (Fsp3) is 0.474. The molecule has 2 aliphatic heterocycles. The van der Waals surface area contributed by atoms with E-state index in [4.69, 9.17) is 4.42 Å². The summed E-state index contributed by atoms with van der Waals surface area (Å²) >= 11 is 0. The SMILES string of the molecule is Cc1nc(-c2ccccc2)oc1C(=O)N1CCC2(CCNC2)CC1. The van der Waals surface area contributed by atoms with Crippen LogP contribution in [0.5, 0.6) is 0 Å². The maximum absolute atomic E-state index is 12.8. The molecule has 1 spiro atoms. The van der Waals surface area contributed by atoms with Crippen molar-refractivity contribution in [1.82, 2.24) is 15.2 Å². The number of carbonyl (C=O) groups is 1. The zero-order valence-corrected chi connectivity index (χ0v) is 14.0. The van der Waals surface area contributed by atoms with Crippen LogP contribution in [0, 0.1) is 12.3 Å². The number of aromatic nitrogens is 1. The van der Waals surface area contributed by atoms with Gasteiger partial charge in [-0.25, -0.2) is 4.98 Å². The molecule has 5 heteroatoms. The lowest BCUT2D eigenvalue weighted by Crippen LogP contribution is -2.44. The lowest BCUT2D eigenvalue weighted by molar-refractivity contribution is 0.0577. The minimum Gasteiger partial charge on any atom is -0.431 e. The maximum atomic E-state index is 12.8. The Morgan fingerprint density at radius 1 is 1.21 bits per heavy atom. The maximum Gasteiger partial charge on any atom is 0.291 e. The molecule has 5 nitrogen and oxygen atoms in total. The Morgan fingerprint density at radius 3 is 2.62 bits per heavy atom. The Bertz CT molecular complexity index is 722. The van der Waals surface area contributed by atoms with Crippen LogP contribution in [0.15, 0.2) is 34.7 Å². The van der Waals surface area contributed by atoms with Gasteiger partial charge in [-0.05, 0) is 50.3 Å². The van der Waals surface area contributed by atoms with Gasteiger partial charge >= 0.3 is 0 Å². The number of likely N-dealkylation sites (tertiary alicyclic amines) is 1. The molecule has 2 fully saturated rings. The summed E-state index contributed by atoms with van der Waals surface area (Å²) in [6.45, 7) is 5.66. The Balaban J connectivity index is 1.50. The zero-order chi connectivity index (χ0) is 16.6. The summed E-state index contributed by atoms with van der Waals surface area (Å²) in [5.74, 6) is 0.877. The van der Waals surface area contributed by atoms with E-state index in [1.54, 1.807) is 0 Å². The monoisotopic (exact) mass is 325 g/mol. The Hall–Kier alpha value is -2.14. The van der Waals surface area contributed by atoms with Crippen molar-refractivity contribution in [1.29, 1.82) is 0 Å². The summed E-state index contributed by atoms with van der Waals surface area (Å²) in [5, 5.41) is 3.46. The van der Waals surface area contributed by atoms with Gasteiger partial charge in [-0.2, -0.15) is 0 Å². The van der Waals surface area contributed by atoms with E-state index >= 15 is 0 Å². The van der Waals surface area contributed by atoms with Gasteiger partial charge in [0.1, 0.15) is 0 Å². The first-order valence-corrected chi connectivity index (χ1v) is 8.70. The van der Waals surface area contributed by atoms with E-state index < -0.39 is 0 Å². The molecule has 0 aliphatic carbocycles. The summed E-state index contributed by atoms with van der Waals surface area (Å²) in [5.41, 5.74) is 1.97. The molecule has 1 N–H and O–H groups in total. The number of aryl methyl sites for hydroxylation is 1. The van der Waals surface area contributed by atoms with Crippen LogP contribution >= 0.6 is 0 Å². The number of nitrogens with zero attached hydrogens (tertiary/aromatic N) is 2. The van der Waals surface area contributed by atoms with E-state index in [1.807, 2.05) is 42.2 Å². The van der Waals surface area contributed by atoms with Gasteiger partial charge in [0, 0.05) is 25.2 Å². The second-order valence-electron chi connectivity index (χ2n) is 7.02. The molecule has 1 aromatic heterocycles. The van der Waals surface area contributed by atoms with E-state index in [1.165, 1.54) is 6.42 Å². The molecule has 0 saturated carbocycles. The highest BCUT2D eigenvalue weighted by Crippen LogP contribution is 2.37. The third kappa shape index (κ3) is 2.73. The second-order valence-corrected chi connectivity index (χ2v) is 7.02. The highest BCUT2D eigenvalue weighted by Gasteiger charge is 2.39. The molecule has 0 radical (unpaired) electrons. The Morgan fingerprint density at radius 2 is 1.96 bits per heavy atom. The average molecular weight is 325 g/mol. The largest absolute Gasteiger partial charge is 0.431 e. The van der Waals surface area contributed by atoms with Crippen molar-refractivity contribution in [3.63, 3.8) is 0 Å². The summed E-state index contributed by atoms with van der Waals surface area (Å²) in [6.07, 6.45) is 3.38. The third-order valence-corrected chi connectivity index (χ3v) is 5.45. The highest BCUT2D eigenvalue weighted by molar-refractivity contribution is 5.93. The van der Waals surface area contributed by atoms with E-state index in [0.29, 0.717) is 22.8 Å². The van der Waals surface area contributed by atoms with Crippen LogP contribution in [-0.2, 0) is 0 Å². The lowest BCUT2D eigenvalue weighted by Gasteiger charge is -2.38. The van der Waals surface area contributed by atoms with Crippen molar-refractivity contribution in [3.8, 4) is 11.5 Å². The van der Waals surface area contributed by atoms with Crippen molar-refractivity contribution in [3.05, 3.63) is 41.8 Å². The predicted octanol–water partition coefficient (Wildman–Crippen LogP) is 2.87. The molecule has 0 bridgehead atoms. The molecular formula is C19H23N3O2. The number of nitrogens with one attached hydrogen (secondary N) is 1. The van der Waals surface area contributed by atoms with Crippen molar-refractivity contribution in [2.45, 2.75) is 26.2 Å². The first-order valence-electron chi connectivity index (χ1n) is 8.70. The first-order chi connectivity index (χ1) is 11.7. The number of oxazole rings is 1. The first kappa shape index (κ1) is 15.4. The number of piperidine rings is 1. The third-order valence-electron chi connectivity index (χ3n) is 5.45. The normalized spacial score (nSPS) is 19.8. The van der Waals surface area contributed by atoms with E-state index in [-0.39, 0.29) is 5.91 Å². The molecule has 24 heavy (non-hydrogen) atoms. The molecule has 2 saturated heterocycles. The standard InChI is InChI=1S/C19H23N3O2/c1-14-16(24-17(21-14)15-5-3-2-4-6-15)18(23)22-11-8-19(9-12-22)7-10-20-13-19/h2-6,20H,7-13H2,1H3. The molecular weight excluding hydrogens is 302 g/mol. The number of hydrogen-bond donors (Lipinski definition) is 1. The zero-order valence-electron chi connectivity index (χ0n) is 14.0. The van der Waals surface area contributed by atoms with E-state index in [2.05, 4.69) is 10.3 Å². The molecule has 0 unspecified atom stereocenters. The van der Waals surface area contributed by atoms with Gasteiger partial charge in [0.05, 0.1) is 5.69 Å². The fourth-order valence-electron chi connectivity index (χ4n) is 3.85. The number of rotatable bonds is 2. The molecule has 0 atom stereocenters. The molecule has 2 aromatic rings. The van der Waals surface area contributed by atoms with Gasteiger partial charge in [0.25, 0.3) is 5.91 Å². The summed E-state index contributed by atoms with van der Waals surface area (Å²) in [4.78, 5) is 19.2. The lowest BCUT2D eigenvalue weighted by atomic mass is 9.78. The Labute approximate surface area is 142 Å². The van der Waals surface area contributed by atoms with Crippen LogP contribution in [0.2, 0.25) is 0 Å². The quantitative estimate of drug-likeness (QED) is 0.922. The molecule has 4 rings (SSSR count). The summed E-state index contributed by atoms with van der Waals surface area (Å²) in [7, 11) is 0. The summed E-state index contributed by atoms with van der Waals surface area (Å²) in [6, 6.07) is 9.72. The van der Waals surface area contributed by atoms with Crippen LogP contribution in [0.25, 0.3) is 11.5 Å². The van der Waals surface area contributed by atoms with E-state index in [0.717, 1.165) is 44.6 Å². The van der Waals surface area contributed by atoms with Gasteiger partial charge in [0.2, 0.25) is 11.7 Å². The topological polar surface area (TPSA) is 58.4 Å². The minimum atomic E-state index is -0.0250. The van der Waals surface area contributed by atoms with E-state index in [9.17, 15) is 4.79 Å². The van der Waals surface area contributed by atoms with Crippen LogP contribution < -0.4 is 5.32 Å². The minimum absolute atomic E-state index is 0.0250. The van der Waals surface area contributed by atoms with Crippen LogP contribution in [0.3, 0.4) is 0 Å². The number of amides is 1. The van der Waals surface area contributed by atoms with Crippen molar-refractivity contribution in [2.75, 3.05) is 26.2 Å².